The van der Waals surface area contributed by atoms with Gasteiger partial charge in [0, 0.05) is 0 Å². The smallest absolute Gasteiger partial charge is 0.270 e. The highest BCUT2D eigenvalue weighted by atomic mass is 32.2. The predicted octanol–water partition coefficient (Wildman–Crippen LogP) is 0.924. The summed E-state index contributed by atoms with van der Waals surface area (Å²) in [4.78, 5) is 0. The van der Waals surface area contributed by atoms with E-state index in [-0.39, 0.29) is 6.61 Å². The summed E-state index contributed by atoms with van der Waals surface area (Å²) >= 11 is 0. The van der Waals surface area contributed by atoms with E-state index in [1.165, 1.54) is 6.92 Å². The van der Waals surface area contributed by atoms with E-state index in [9.17, 15) is 8.42 Å². The van der Waals surface area contributed by atoms with Gasteiger partial charge in [0.05, 0.1) is 5.69 Å². The van der Waals surface area contributed by atoms with E-state index in [0.717, 1.165) is 0 Å². The Balaban J connectivity index is 2.63. The molecule has 1 aromatic rings. The molecule has 5 nitrogen and oxygen atoms in total. The summed E-state index contributed by atoms with van der Waals surface area (Å²) in [6, 6.07) is 6.75. The molecule has 1 aromatic carbocycles. The van der Waals surface area contributed by atoms with Gasteiger partial charge in [-0.05, 0) is 19.1 Å². The van der Waals surface area contributed by atoms with Crippen molar-refractivity contribution in [3.05, 3.63) is 24.3 Å². The zero-order chi connectivity index (χ0) is 11.5. The van der Waals surface area contributed by atoms with E-state index in [4.69, 9.17) is 15.0 Å². The maximum atomic E-state index is 10.7. The molecular weight excluding hydrogens is 218 g/mol. The largest absolute Gasteiger partial charge is 0.490 e. The zero-order valence-corrected chi connectivity index (χ0v) is 9.07. The molecule has 1 unspecified atom stereocenters. The van der Waals surface area contributed by atoms with Gasteiger partial charge in [0.15, 0.2) is 0 Å². The van der Waals surface area contributed by atoms with Crippen LogP contribution in [0.25, 0.3) is 0 Å². The minimum Gasteiger partial charge on any atom is -0.490 e. The van der Waals surface area contributed by atoms with Crippen molar-refractivity contribution in [2.75, 3.05) is 12.3 Å². The van der Waals surface area contributed by atoms with Crippen molar-refractivity contribution in [2.24, 2.45) is 0 Å². The van der Waals surface area contributed by atoms with Crippen LogP contribution in [0.2, 0.25) is 0 Å². The van der Waals surface area contributed by atoms with Crippen molar-refractivity contribution >= 4 is 15.8 Å². The Labute approximate surface area is 88.6 Å². The average Bonchev–Trinajstić information content (AvgIpc) is 2.14. The van der Waals surface area contributed by atoms with Crippen LogP contribution in [0.3, 0.4) is 0 Å². The van der Waals surface area contributed by atoms with Crippen LogP contribution in [-0.4, -0.2) is 24.8 Å². The van der Waals surface area contributed by atoms with Gasteiger partial charge in [0.2, 0.25) is 0 Å². The van der Waals surface area contributed by atoms with Crippen molar-refractivity contribution < 1.29 is 17.7 Å². The first kappa shape index (κ1) is 11.8. The second-order valence-corrected chi connectivity index (χ2v) is 5.01. The number of rotatable bonds is 4. The highest BCUT2D eigenvalue weighted by Crippen LogP contribution is 2.20. The maximum absolute atomic E-state index is 10.7. The molecule has 0 aliphatic carbocycles. The Morgan fingerprint density at radius 3 is 2.60 bits per heavy atom. The Morgan fingerprint density at radius 1 is 1.47 bits per heavy atom. The Morgan fingerprint density at radius 2 is 2.07 bits per heavy atom. The maximum Gasteiger partial charge on any atom is 0.270 e. The zero-order valence-electron chi connectivity index (χ0n) is 8.25. The molecule has 1 rings (SSSR count). The molecule has 0 aliphatic heterocycles. The van der Waals surface area contributed by atoms with Gasteiger partial charge in [0.25, 0.3) is 10.1 Å². The molecular formula is C9H13NO4S. The van der Waals surface area contributed by atoms with Gasteiger partial charge in [0.1, 0.15) is 17.6 Å². The number of anilines is 1. The third kappa shape index (κ3) is 3.41. The molecule has 0 heterocycles. The lowest BCUT2D eigenvalue weighted by molar-refractivity contribution is 0.312. The van der Waals surface area contributed by atoms with Crippen LogP contribution in [-0.2, 0) is 10.1 Å². The highest BCUT2D eigenvalue weighted by molar-refractivity contribution is 7.86. The monoisotopic (exact) mass is 231 g/mol. The first-order valence-electron chi connectivity index (χ1n) is 4.35. The minimum absolute atomic E-state index is 0.132. The lowest BCUT2D eigenvalue weighted by atomic mass is 10.3. The fraction of sp³-hybridized carbons (Fsp3) is 0.333. The molecule has 0 spiro atoms. The van der Waals surface area contributed by atoms with Crippen LogP contribution in [0, 0.1) is 0 Å². The van der Waals surface area contributed by atoms with E-state index in [2.05, 4.69) is 0 Å². The molecule has 0 amide bonds. The summed E-state index contributed by atoms with van der Waals surface area (Å²) in [5.74, 6) is 0.410. The lowest BCUT2D eigenvalue weighted by Gasteiger charge is -2.11. The topological polar surface area (TPSA) is 89.6 Å². The van der Waals surface area contributed by atoms with Crippen LogP contribution in [0.1, 0.15) is 6.92 Å². The number of ether oxygens (including phenoxy) is 1. The normalized spacial score (nSPS) is 13.5. The van der Waals surface area contributed by atoms with Gasteiger partial charge >= 0.3 is 0 Å². The van der Waals surface area contributed by atoms with Gasteiger partial charge in [-0.3, -0.25) is 4.55 Å². The summed E-state index contributed by atoms with van der Waals surface area (Å²) in [6.45, 7) is 1.22. The molecule has 84 valence electrons. The van der Waals surface area contributed by atoms with Crippen LogP contribution in [0.15, 0.2) is 24.3 Å². The highest BCUT2D eigenvalue weighted by Gasteiger charge is 2.18. The number of nitrogen functional groups attached to an aromatic ring is 1. The molecule has 3 N–H and O–H groups in total. The van der Waals surface area contributed by atoms with E-state index in [1.54, 1.807) is 24.3 Å². The fourth-order valence-corrected chi connectivity index (χ4v) is 1.15. The van der Waals surface area contributed by atoms with Crippen molar-refractivity contribution in [1.29, 1.82) is 0 Å². The Kier molecular flexibility index (Phi) is 3.54. The first-order valence-corrected chi connectivity index (χ1v) is 5.85. The second kappa shape index (κ2) is 4.50. The van der Waals surface area contributed by atoms with Crippen LogP contribution in [0.4, 0.5) is 5.69 Å². The van der Waals surface area contributed by atoms with Crippen molar-refractivity contribution in [3.8, 4) is 5.75 Å². The Bertz CT molecular complexity index is 429. The molecule has 0 saturated carbocycles. The van der Waals surface area contributed by atoms with Crippen molar-refractivity contribution in [3.63, 3.8) is 0 Å². The number of para-hydroxylation sites is 2. The van der Waals surface area contributed by atoms with Gasteiger partial charge in [-0.15, -0.1) is 0 Å². The van der Waals surface area contributed by atoms with E-state index in [0.29, 0.717) is 11.4 Å². The summed E-state index contributed by atoms with van der Waals surface area (Å²) < 4.78 is 35.2. The second-order valence-electron chi connectivity index (χ2n) is 3.17. The van der Waals surface area contributed by atoms with Gasteiger partial charge in [-0.2, -0.15) is 8.42 Å². The number of benzene rings is 1. The standard InChI is InChI=1S/C9H13NO4S/c1-7(15(11,12)13)6-14-9-5-3-2-4-8(9)10/h2-5,7H,6,10H2,1H3,(H,11,12,13). The third-order valence-electron chi connectivity index (χ3n) is 1.90. The quantitative estimate of drug-likeness (QED) is 0.594. The predicted molar refractivity (Wildman–Crippen MR) is 57.4 cm³/mol. The van der Waals surface area contributed by atoms with Crippen LogP contribution in [0.5, 0.6) is 5.75 Å². The average molecular weight is 231 g/mol. The van der Waals surface area contributed by atoms with Gasteiger partial charge in [-0.25, -0.2) is 0 Å². The number of hydrogen-bond donors (Lipinski definition) is 2. The Hall–Kier alpha value is -1.27. The van der Waals surface area contributed by atoms with Crippen LogP contribution < -0.4 is 10.5 Å². The summed E-state index contributed by atoms with van der Waals surface area (Å²) in [5.41, 5.74) is 6.01. The van der Waals surface area contributed by atoms with Crippen molar-refractivity contribution in [2.45, 2.75) is 12.2 Å². The molecule has 1 atom stereocenters. The minimum atomic E-state index is -4.05. The van der Waals surface area contributed by atoms with Gasteiger partial charge < -0.3 is 10.5 Å². The van der Waals surface area contributed by atoms with Crippen molar-refractivity contribution in [1.82, 2.24) is 0 Å². The summed E-state index contributed by atoms with van der Waals surface area (Å²) in [5, 5.41) is -0.975. The van der Waals surface area contributed by atoms with E-state index < -0.39 is 15.4 Å². The molecule has 0 radical (unpaired) electrons. The summed E-state index contributed by atoms with van der Waals surface area (Å²) in [7, 11) is -4.05. The molecule has 15 heavy (non-hydrogen) atoms. The third-order valence-corrected chi connectivity index (χ3v) is 3.05. The van der Waals surface area contributed by atoms with Crippen LogP contribution >= 0.6 is 0 Å². The number of nitrogens with two attached hydrogens (primary N) is 1. The number of hydrogen-bond acceptors (Lipinski definition) is 4. The lowest BCUT2D eigenvalue weighted by Crippen LogP contribution is -2.24. The SMILES string of the molecule is CC(COc1ccccc1N)S(=O)(=O)O. The molecule has 0 bridgehead atoms. The molecule has 0 aliphatic rings. The van der Waals surface area contributed by atoms with E-state index >= 15 is 0 Å². The summed E-state index contributed by atoms with van der Waals surface area (Å²) in [6.07, 6.45) is 0. The molecule has 0 saturated heterocycles. The van der Waals surface area contributed by atoms with E-state index in [1.807, 2.05) is 0 Å². The molecule has 0 aromatic heterocycles. The first-order chi connectivity index (χ1) is 6.91. The van der Waals surface area contributed by atoms with Gasteiger partial charge in [-0.1, -0.05) is 12.1 Å². The molecule has 6 heteroatoms. The molecule has 0 fully saturated rings. The fourth-order valence-electron chi connectivity index (χ4n) is 0.905.